The number of rotatable bonds is 5. The van der Waals surface area contributed by atoms with Gasteiger partial charge in [-0.3, -0.25) is 0 Å². The number of nitrogens with zero attached hydrogens (tertiary/aromatic N) is 3. The predicted molar refractivity (Wildman–Crippen MR) is 80.3 cm³/mol. The van der Waals surface area contributed by atoms with E-state index >= 15 is 0 Å². The van der Waals surface area contributed by atoms with Crippen LogP contribution in [0.5, 0.6) is 0 Å². The van der Waals surface area contributed by atoms with Crippen molar-refractivity contribution in [1.82, 2.24) is 9.29 Å². The summed E-state index contributed by atoms with van der Waals surface area (Å²) < 4.78 is 55.1. The smallest absolute Gasteiger partial charge is 0.233 e. The average molecular weight is 361 g/mol. The number of benzene rings is 1. The molecule has 0 radical (unpaired) electrons. The summed E-state index contributed by atoms with van der Waals surface area (Å²) >= 11 is 1.91. The van der Waals surface area contributed by atoms with Gasteiger partial charge in [0.1, 0.15) is 17.9 Å². The van der Waals surface area contributed by atoms with E-state index in [-0.39, 0.29) is 17.1 Å². The van der Waals surface area contributed by atoms with Crippen LogP contribution in [-0.4, -0.2) is 22.0 Å². The maximum atomic E-state index is 13.5. The molecule has 1 aromatic carbocycles. The highest BCUT2D eigenvalue weighted by molar-refractivity contribution is 7.98. The molecule has 122 valence electrons. The van der Waals surface area contributed by atoms with Crippen molar-refractivity contribution in [3.05, 3.63) is 46.9 Å². The summed E-state index contributed by atoms with van der Waals surface area (Å²) in [6, 6.07) is 4.24. The van der Waals surface area contributed by atoms with Crippen LogP contribution in [0.1, 0.15) is 23.5 Å². The fraction of sp³-hybridized carbons (Fsp3) is 0.286. The molecule has 0 aliphatic rings. The van der Waals surface area contributed by atoms with Crippen molar-refractivity contribution in [3.8, 4) is 6.07 Å². The van der Waals surface area contributed by atoms with Crippen LogP contribution in [-0.2, 0) is 0 Å². The molecule has 2 aromatic rings. The third kappa shape index (κ3) is 4.43. The van der Waals surface area contributed by atoms with E-state index in [1.807, 2.05) is 6.07 Å². The van der Waals surface area contributed by atoms with Gasteiger partial charge in [-0.15, -0.1) is 0 Å². The Kier molecular flexibility index (Phi) is 5.62. The van der Waals surface area contributed by atoms with Crippen LogP contribution in [0.3, 0.4) is 0 Å². The number of alkyl halides is 3. The summed E-state index contributed by atoms with van der Waals surface area (Å²) in [5.41, 5.74) is -0.0433. The zero-order valence-electron chi connectivity index (χ0n) is 11.8. The minimum absolute atomic E-state index is 0.0433. The normalized spacial score (nSPS) is 13.1. The molecule has 0 aliphatic carbocycles. The zero-order valence-corrected chi connectivity index (χ0v) is 13.5. The maximum absolute atomic E-state index is 13.5. The molecule has 0 saturated heterocycles. The third-order valence-corrected chi connectivity index (χ3v) is 5.04. The van der Waals surface area contributed by atoms with E-state index in [1.165, 1.54) is 6.20 Å². The molecule has 0 bridgehead atoms. The monoisotopic (exact) mass is 361 g/mol. The molecule has 0 amide bonds. The van der Waals surface area contributed by atoms with Crippen LogP contribution in [0.25, 0.3) is 0 Å². The van der Waals surface area contributed by atoms with E-state index in [4.69, 9.17) is 5.26 Å². The largest absolute Gasteiger partial charge is 0.408 e. The lowest BCUT2D eigenvalue weighted by molar-refractivity contribution is -0.172. The molecule has 9 heteroatoms. The lowest BCUT2D eigenvalue weighted by Crippen LogP contribution is -2.34. The molecule has 0 aliphatic heterocycles. The van der Waals surface area contributed by atoms with Crippen molar-refractivity contribution in [2.45, 2.75) is 23.4 Å². The number of aromatic nitrogens is 1. The van der Waals surface area contributed by atoms with Gasteiger partial charge in [-0.05, 0) is 29.6 Å². The van der Waals surface area contributed by atoms with E-state index in [0.29, 0.717) is 4.21 Å². The number of thiazole rings is 1. The van der Waals surface area contributed by atoms with Crippen molar-refractivity contribution in [1.29, 1.82) is 5.26 Å². The second-order valence-corrected chi connectivity index (χ2v) is 6.80. The molecule has 3 nitrogen and oxygen atoms in total. The first-order valence-electron chi connectivity index (χ1n) is 6.48. The summed E-state index contributed by atoms with van der Waals surface area (Å²) in [6.45, 7) is 1.70. The van der Waals surface area contributed by atoms with Crippen LogP contribution in [0.2, 0.25) is 0 Å². The van der Waals surface area contributed by atoms with Gasteiger partial charge in [0.05, 0.1) is 10.4 Å². The second-order valence-electron chi connectivity index (χ2n) is 4.42. The number of hydrogen-bond donors (Lipinski definition) is 0. The quantitative estimate of drug-likeness (QED) is 0.567. The molecule has 1 aromatic heterocycles. The fourth-order valence-electron chi connectivity index (χ4n) is 1.93. The fourth-order valence-corrected chi connectivity index (χ4v) is 3.86. The Labute approximate surface area is 138 Å². The Balaban J connectivity index is 2.32. The first-order chi connectivity index (χ1) is 10.8. The zero-order chi connectivity index (χ0) is 17.0. The van der Waals surface area contributed by atoms with E-state index in [0.717, 1.165) is 51.9 Å². The molecule has 0 saturated carbocycles. The highest BCUT2D eigenvalue weighted by Gasteiger charge is 2.45. The molecule has 2 rings (SSSR count). The van der Waals surface area contributed by atoms with E-state index in [9.17, 15) is 17.6 Å². The Hall–Kier alpha value is -1.63. The topological polar surface area (TPSA) is 39.9 Å². The SMILES string of the molecule is CCN(Sc1cnc(C#N)s1)C(c1ccc(F)cc1)C(F)(F)F. The first kappa shape index (κ1) is 17.7. The van der Waals surface area contributed by atoms with E-state index in [1.54, 1.807) is 6.92 Å². The predicted octanol–water partition coefficient (Wildman–Crippen LogP) is 4.79. The van der Waals surface area contributed by atoms with Crippen LogP contribution >= 0.6 is 23.3 Å². The van der Waals surface area contributed by atoms with Crippen molar-refractivity contribution < 1.29 is 17.6 Å². The number of nitriles is 1. The minimum atomic E-state index is -4.52. The van der Waals surface area contributed by atoms with Crippen molar-refractivity contribution in [2.75, 3.05) is 6.54 Å². The van der Waals surface area contributed by atoms with E-state index < -0.39 is 18.0 Å². The molecule has 1 unspecified atom stereocenters. The molecular weight excluding hydrogens is 350 g/mol. The molecule has 1 heterocycles. The molecule has 1 atom stereocenters. The van der Waals surface area contributed by atoms with Crippen LogP contribution in [0.15, 0.2) is 34.7 Å². The lowest BCUT2D eigenvalue weighted by Gasteiger charge is -2.31. The Bertz CT molecular complexity index is 691. The minimum Gasteiger partial charge on any atom is -0.233 e. The third-order valence-electron chi connectivity index (χ3n) is 2.88. The molecule has 23 heavy (non-hydrogen) atoms. The second kappa shape index (κ2) is 7.29. The molecule has 0 N–H and O–H groups in total. The van der Waals surface area contributed by atoms with Crippen molar-refractivity contribution in [2.24, 2.45) is 0 Å². The standard InChI is InChI=1S/C14H11F4N3S2/c1-2-21(23-12-8-20-11(7-19)22-12)13(14(16,17)18)9-3-5-10(15)6-4-9/h3-6,8,13H,2H2,1H3. The number of halogens is 4. The highest BCUT2D eigenvalue weighted by atomic mass is 32.2. The van der Waals surface area contributed by atoms with Gasteiger partial charge in [-0.2, -0.15) is 18.4 Å². The summed E-state index contributed by atoms with van der Waals surface area (Å²) in [6.07, 6.45) is -3.15. The van der Waals surface area contributed by atoms with Gasteiger partial charge in [-0.1, -0.05) is 30.4 Å². The van der Waals surface area contributed by atoms with Crippen LogP contribution in [0, 0.1) is 17.1 Å². The summed E-state index contributed by atoms with van der Waals surface area (Å²) in [5.74, 6) is -0.591. The lowest BCUT2D eigenvalue weighted by atomic mass is 10.1. The summed E-state index contributed by atoms with van der Waals surface area (Å²) in [4.78, 5) is 3.81. The summed E-state index contributed by atoms with van der Waals surface area (Å²) in [5, 5.41) is 8.93. The van der Waals surface area contributed by atoms with Gasteiger partial charge >= 0.3 is 6.18 Å². The van der Waals surface area contributed by atoms with Gasteiger partial charge in [0.2, 0.25) is 0 Å². The summed E-state index contributed by atoms with van der Waals surface area (Å²) in [7, 11) is 0. The van der Waals surface area contributed by atoms with Gasteiger partial charge in [0.25, 0.3) is 0 Å². The van der Waals surface area contributed by atoms with Gasteiger partial charge in [0, 0.05) is 6.54 Å². The van der Waals surface area contributed by atoms with Gasteiger partial charge in [-0.25, -0.2) is 13.7 Å². The van der Waals surface area contributed by atoms with Gasteiger partial charge < -0.3 is 0 Å². The van der Waals surface area contributed by atoms with Crippen molar-refractivity contribution >= 4 is 23.3 Å². The Morgan fingerprint density at radius 1 is 1.35 bits per heavy atom. The Morgan fingerprint density at radius 3 is 2.48 bits per heavy atom. The van der Waals surface area contributed by atoms with E-state index in [2.05, 4.69) is 4.98 Å². The Morgan fingerprint density at radius 2 is 2.00 bits per heavy atom. The van der Waals surface area contributed by atoms with Gasteiger partial charge in [0.15, 0.2) is 5.01 Å². The van der Waals surface area contributed by atoms with Crippen LogP contribution in [0.4, 0.5) is 17.6 Å². The first-order valence-corrected chi connectivity index (χ1v) is 8.07. The van der Waals surface area contributed by atoms with Crippen molar-refractivity contribution in [3.63, 3.8) is 0 Å². The highest BCUT2D eigenvalue weighted by Crippen LogP contribution is 2.43. The maximum Gasteiger partial charge on any atom is 0.408 e. The number of hydrogen-bond acceptors (Lipinski definition) is 5. The molecule has 0 fully saturated rings. The average Bonchev–Trinajstić information content (AvgIpc) is 2.95. The molecular formula is C14H11F4N3S2. The van der Waals surface area contributed by atoms with Crippen LogP contribution < -0.4 is 0 Å². The molecule has 0 spiro atoms.